The van der Waals surface area contributed by atoms with Gasteiger partial charge in [0.05, 0.1) is 5.39 Å². The number of alkyl halides is 3. The first-order valence-electron chi connectivity index (χ1n) is 9.24. The second kappa shape index (κ2) is 9.94. The Balaban J connectivity index is 2.38. The molecular formula is C21H22Cl3NO7. The summed E-state index contributed by atoms with van der Waals surface area (Å²) in [5.74, 6) is -0.559. The molecule has 0 spiro atoms. The van der Waals surface area contributed by atoms with Crippen molar-refractivity contribution in [2.75, 3.05) is 6.61 Å². The Labute approximate surface area is 199 Å². The molecular weight excluding hydrogens is 485 g/mol. The summed E-state index contributed by atoms with van der Waals surface area (Å²) in [6.07, 6.45) is 0.745. The van der Waals surface area contributed by atoms with Crippen LogP contribution in [0.1, 0.15) is 31.9 Å². The minimum absolute atomic E-state index is 0.0401. The van der Waals surface area contributed by atoms with Crippen LogP contribution in [0.3, 0.4) is 0 Å². The molecule has 0 heterocycles. The molecule has 0 saturated heterocycles. The van der Waals surface area contributed by atoms with Gasteiger partial charge < -0.3 is 24.4 Å². The number of nitrogens with one attached hydrogen (secondary N) is 1. The molecule has 0 atom stereocenters. The van der Waals surface area contributed by atoms with Crippen LogP contribution in [-0.2, 0) is 9.47 Å². The van der Waals surface area contributed by atoms with Crippen LogP contribution in [0.2, 0.25) is 0 Å². The van der Waals surface area contributed by atoms with Crippen LogP contribution in [0.25, 0.3) is 16.8 Å². The topological polar surface area (TPSA) is 114 Å². The number of ether oxygens (including phenoxy) is 3. The van der Waals surface area contributed by atoms with Gasteiger partial charge in [0.25, 0.3) is 0 Å². The number of fused-ring (bicyclic) bond motifs is 1. The van der Waals surface area contributed by atoms with Crippen molar-refractivity contribution >= 4 is 63.9 Å². The third-order valence-electron chi connectivity index (χ3n) is 3.93. The molecule has 32 heavy (non-hydrogen) atoms. The van der Waals surface area contributed by atoms with Gasteiger partial charge in [-0.25, -0.2) is 9.59 Å². The third-order valence-corrected chi connectivity index (χ3v) is 4.26. The number of alkyl carbamates (subject to hydrolysis) is 1. The Morgan fingerprint density at radius 1 is 1.12 bits per heavy atom. The summed E-state index contributed by atoms with van der Waals surface area (Å²) in [6, 6.07) is 4.43. The molecule has 0 aliphatic rings. The van der Waals surface area contributed by atoms with E-state index in [1.54, 1.807) is 27.7 Å². The molecule has 0 unspecified atom stereocenters. The average molecular weight is 507 g/mol. The molecule has 2 aromatic rings. The first-order chi connectivity index (χ1) is 14.7. The Kier molecular flexibility index (Phi) is 7.98. The predicted molar refractivity (Wildman–Crippen MR) is 123 cm³/mol. The number of halogens is 3. The van der Waals surface area contributed by atoms with E-state index >= 15 is 0 Å². The first-order valence-corrected chi connectivity index (χ1v) is 10.4. The van der Waals surface area contributed by atoms with Gasteiger partial charge in [-0.2, -0.15) is 0 Å². The zero-order chi connectivity index (χ0) is 24.3. The monoisotopic (exact) mass is 505 g/mol. The largest absolute Gasteiger partial charge is 0.514 e. The van der Waals surface area contributed by atoms with Crippen LogP contribution in [0, 0.1) is 6.92 Å². The summed E-state index contributed by atoms with van der Waals surface area (Å²) < 4.78 is 13.2. The van der Waals surface area contributed by atoms with Gasteiger partial charge in [-0.05, 0) is 39.8 Å². The second-order valence-electron chi connectivity index (χ2n) is 7.65. The summed E-state index contributed by atoms with van der Waals surface area (Å²) in [7, 11) is 0. The quantitative estimate of drug-likeness (QED) is 0.203. The number of rotatable bonds is 4. The number of amides is 1. The molecule has 3 N–H and O–H groups in total. The van der Waals surface area contributed by atoms with Gasteiger partial charge in [0.15, 0.2) is 0 Å². The summed E-state index contributed by atoms with van der Waals surface area (Å²) >= 11 is 16.6. The second-order valence-corrected chi connectivity index (χ2v) is 10.2. The highest BCUT2D eigenvalue weighted by Gasteiger charge is 2.24. The third kappa shape index (κ3) is 6.98. The van der Waals surface area contributed by atoms with Crippen molar-refractivity contribution in [3.63, 3.8) is 0 Å². The lowest BCUT2D eigenvalue weighted by Gasteiger charge is -2.18. The van der Waals surface area contributed by atoms with Gasteiger partial charge in [0, 0.05) is 22.7 Å². The Hall–Kier alpha value is -2.55. The minimum Gasteiger partial charge on any atom is -0.507 e. The molecule has 0 aliphatic heterocycles. The van der Waals surface area contributed by atoms with E-state index in [-0.39, 0.29) is 33.6 Å². The number of hydrogen-bond acceptors (Lipinski definition) is 7. The Morgan fingerprint density at radius 3 is 2.38 bits per heavy atom. The lowest BCUT2D eigenvalue weighted by Crippen LogP contribution is -2.29. The van der Waals surface area contributed by atoms with E-state index in [0.717, 1.165) is 0 Å². The zero-order valence-corrected chi connectivity index (χ0v) is 19.9. The Morgan fingerprint density at radius 2 is 1.78 bits per heavy atom. The highest BCUT2D eigenvalue weighted by Crippen LogP contribution is 2.44. The van der Waals surface area contributed by atoms with E-state index in [0.29, 0.717) is 5.56 Å². The summed E-state index contributed by atoms with van der Waals surface area (Å²) in [5.41, 5.74) is -0.182. The maximum Gasteiger partial charge on any atom is 0.514 e. The van der Waals surface area contributed by atoms with Crippen LogP contribution in [0.5, 0.6) is 17.2 Å². The maximum absolute atomic E-state index is 12.0. The van der Waals surface area contributed by atoms with E-state index in [2.05, 4.69) is 5.32 Å². The predicted octanol–water partition coefficient (Wildman–Crippen LogP) is 5.94. The van der Waals surface area contributed by atoms with Crippen molar-refractivity contribution in [1.82, 2.24) is 5.32 Å². The van der Waals surface area contributed by atoms with Crippen LogP contribution in [0.4, 0.5) is 9.59 Å². The number of aromatic hydroxyl groups is 2. The number of carbonyl (C=O) groups excluding carboxylic acids is 2. The van der Waals surface area contributed by atoms with E-state index in [9.17, 15) is 19.8 Å². The molecule has 8 nitrogen and oxygen atoms in total. The van der Waals surface area contributed by atoms with Crippen molar-refractivity contribution in [3.8, 4) is 17.2 Å². The van der Waals surface area contributed by atoms with Gasteiger partial charge in [-0.15, -0.1) is 0 Å². The van der Waals surface area contributed by atoms with Crippen molar-refractivity contribution in [1.29, 1.82) is 0 Å². The van der Waals surface area contributed by atoms with Crippen LogP contribution < -0.4 is 10.1 Å². The molecule has 2 rings (SSSR count). The SMILES string of the molecule is Cc1c(C=CNC(=O)OC(C)(C)C)c(O)c2c(OC(=O)OCC(Cl)(Cl)Cl)cccc2c1O. The molecule has 0 bridgehead atoms. The van der Waals surface area contributed by atoms with Crippen molar-refractivity contribution < 1.29 is 34.0 Å². The summed E-state index contributed by atoms with van der Waals surface area (Å²) in [4.78, 5) is 23.8. The van der Waals surface area contributed by atoms with Gasteiger partial charge in [-0.3, -0.25) is 5.32 Å². The smallest absolute Gasteiger partial charge is 0.507 e. The fourth-order valence-corrected chi connectivity index (χ4v) is 2.83. The van der Waals surface area contributed by atoms with Crippen molar-refractivity contribution in [3.05, 3.63) is 35.5 Å². The van der Waals surface area contributed by atoms with Gasteiger partial charge in [0.2, 0.25) is 3.79 Å². The molecule has 1 amide bonds. The Bertz CT molecular complexity index is 1060. The van der Waals surface area contributed by atoms with Crippen molar-refractivity contribution in [2.45, 2.75) is 37.1 Å². The zero-order valence-electron chi connectivity index (χ0n) is 17.7. The van der Waals surface area contributed by atoms with E-state index in [1.165, 1.54) is 30.5 Å². The lowest BCUT2D eigenvalue weighted by molar-refractivity contribution is 0.0552. The maximum atomic E-state index is 12.0. The molecule has 0 radical (unpaired) electrons. The fraction of sp³-hybridized carbons (Fsp3) is 0.333. The first kappa shape index (κ1) is 25.7. The highest BCUT2D eigenvalue weighted by atomic mass is 35.6. The van der Waals surface area contributed by atoms with Gasteiger partial charge >= 0.3 is 12.2 Å². The van der Waals surface area contributed by atoms with E-state index in [4.69, 9.17) is 49.0 Å². The molecule has 0 aliphatic carbocycles. The lowest BCUT2D eigenvalue weighted by atomic mass is 9.98. The minimum atomic E-state index is -1.83. The van der Waals surface area contributed by atoms with Crippen LogP contribution in [-0.4, -0.2) is 38.5 Å². The average Bonchev–Trinajstić information content (AvgIpc) is 2.65. The van der Waals surface area contributed by atoms with Crippen LogP contribution in [0.15, 0.2) is 24.4 Å². The number of benzene rings is 2. The standard InChI is InChI=1S/C21H22Cl3NO7/c1-11-12(8-9-25-18(28)32-20(2,3)4)17(27)15-13(16(11)26)6-5-7-14(15)31-19(29)30-10-21(22,23)24/h5-9,26-27H,10H2,1-4H3,(H,25,28). The fourth-order valence-electron chi connectivity index (χ4n) is 2.66. The molecule has 11 heteroatoms. The number of hydrogen-bond donors (Lipinski definition) is 3. The molecule has 0 aromatic heterocycles. The molecule has 174 valence electrons. The van der Waals surface area contributed by atoms with Crippen molar-refractivity contribution in [2.24, 2.45) is 0 Å². The van der Waals surface area contributed by atoms with Gasteiger partial charge in [0.1, 0.15) is 29.5 Å². The molecule has 2 aromatic carbocycles. The number of carbonyl (C=O) groups is 2. The summed E-state index contributed by atoms with van der Waals surface area (Å²) in [6.45, 7) is 6.17. The number of phenolic OH excluding ortho intramolecular Hbond substituents is 2. The number of phenols is 2. The normalized spacial score (nSPS) is 12.1. The van der Waals surface area contributed by atoms with Crippen LogP contribution >= 0.6 is 34.8 Å². The summed E-state index contributed by atoms with van der Waals surface area (Å²) in [5, 5.41) is 24.1. The highest BCUT2D eigenvalue weighted by molar-refractivity contribution is 6.67. The van der Waals surface area contributed by atoms with Gasteiger partial charge in [-0.1, -0.05) is 46.9 Å². The molecule has 0 saturated carbocycles. The van der Waals surface area contributed by atoms with E-state index in [1.807, 2.05) is 0 Å². The molecule has 0 fully saturated rings. The van der Waals surface area contributed by atoms with E-state index < -0.39 is 28.2 Å².